The maximum atomic E-state index is 12.9. The molecule has 0 unspecified atom stereocenters. The number of alkyl halides is 3. The van der Waals surface area contributed by atoms with E-state index in [9.17, 15) is 13.2 Å². The van der Waals surface area contributed by atoms with Gasteiger partial charge >= 0.3 is 6.18 Å². The molecule has 5 rings (SSSR count). The predicted molar refractivity (Wildman–Crippen MR) is 110 cm³/mol. The lowest BCUT2D eigenvalue weighted by Crippen LogP contribution is -2.29. The summed E-state index contributed by atoms with van der Waals surface area (Å²) in [6.07, 6.45) is 4.17. The van der Waals surface area contributed by atoms with Crippen LogP contribution in [0.25, 0.3) is 16.8 Å². The van der Waals surface area contributed by atoms with E-state index in [0.717, 1.165) is 41.9 Å². The van der Waals surface area contributed by atoms with E-state index in [1.54, 1.807) is 6.20 Å². The first kappa shape index (κ1) is 20.7. The molecule has 0 saturated heterocycles. The Morgan fingerprint density at radius 2 is 1.97 bits per heavy atom. The van der Waals surface area contributed by atoms with Crippen LogP contribution < -0.4 is 0 Å². The van der Waals surface area contributed by atoms with Crippen molar-refractivity contribution in [3.8, 4) is 0 Å². The van der Waals surface area contributed by atoms with Crippen LogP contribution >= 0.6 is 0 Å². The number of aromatic nitrogens is 5. The summed E-state index contributed by atoms with van der Waals surface area (Å²) in [4.78, 5) is 7.53. The molecular weight excluding hydrogens is 407 g/mol. The number of nitrogens with one attached hydrogen (secondary N) is 1. The van der Waals surface area contributed by atoms with Crippen molar-refractivity contribution < 1.29 is 17.9 Å². The number of halogens is 3. The van der Waals surface area contributed by atoms with Gasteiger partial charge in [-0.1, -0.05) is 13.3 Å². The van der Waals surface area contributed by atoms with Crippen LogP contribution in [-0.2, 0) is 4.74 Å². The lowest BCUT2D eigenvalue weighted by molar-refractivity contribution is -0.185. The van der Waals surface area contributed by atoms with Crippen LogP contribution in [0.5, 0.6) is 0 Å². The van der Waals surface area contributed by atoms with E-state index >= 15 is 0 Å². The third-order valence-corrected chi connectivity index (χ3v) is 7.35. The Hall–Kier alpha value is -2.16. The Morgan fingerprint density at radius 1 is 1.16 bits per heavy atom. The molecule has 3 aromatic heterocycles. The normalized spacial score (nSPS) is 29.9. The smallest absolute Gasteiger partial charge is 0.378 e. The highest BCUT2D eigenvalue weighted by Gasteiger charge is 2.42. The molecule has 6 nitrogen and oxygen atoms in total. The molecule has 2 aliphatic carbocycles. The third kappa shape index (κ3) is 3.92. The molecule has 31 heavy (non-hydrogen) atoms. The lowest BCUT2D eigenvalue weighted by Gasteiger charge is -2.30. The minimum absolute atomic E-state index is 0.117. The van der Waals surface area contributed by atoms with Gasteiger partial charge in [0.05, 0.1) is 23.7 Å². The van der Waals surface area contributed by atoms with Crippen molar-refractivity contribution in [2.75, 3.05) is 6.61 Å². The molecule has 3 aromatic rings. The summed E-state index contributed by atoms with van der Waals surface area (Å²) < 4.78 is 47.0. The molecule has 0 radical (unpaired) electrons. The van der Waals surface area contributed by atoms with Crippen molar-refractivity contribution in [2.24, 2.45) is 17.8 Å². The predicted octanol–water partition coefficient (Wildman–Crippen LogP) is 5.26. The van der Waals surface area contributed by atoms with E-state index in [2.05, 4.69) is 31.5 Å². The van der Waals surface area contributed by atoms with E-state index in [0.29, 0.717) is 25.4 Å². The van der Waals surface area contributed by atoms with Crippen molar-refractivity contribution >= 4 is 16.8 Å². The highest BCUT2D eigenvalue weighted by Crippen LogP contribution is 2.44. The molecular formula is C22H28F3N5O. The van der Waals surface area contributed by atoms with Crippen molar-refractivity contribution in [3.63, 3.8) is 0 Å². The summed E-state index contributed by atoms with van der Waals surface area (Å²) in [7, 11) is 0. The van der Waals surface area contributed by atoms with Gasteiger partial charge in [-0.2, -0.15) is 13.2 Å². The molecule has 9 heteroatoms. The first-order valence-corrected chi connectivity index (χ1v) is 11.3. The number of hydrogen-bond donors (Lipinski definition) is 1. The SMILES string of the molecule is CC[C@@H]1C[C@@H](OCC2CCC(C(F)(F)F)CC2)C[C@@H]1c1nnc2cnc3[nH]ccc3n12. The molecule has 3 heterocycles. The first-order valence-electron chi connectivity index (χ1n) is 11.3. The molecule has 0 spiro atoms. The summed E-state index contributed by atoms with van der Waals surface area (Å²) in [6.45, 7) is 2.75. The fraction of sp³-hybridized carbons (Fsp3) is 0.682. The van der Waals surface area contributed by atoms with Gasteiger partial charge in [0.15, 0.2) is 11.3 Å². The second-order valence-electron chi connectivity index (χ2n) is 9.18. The molecule has 168 valence electrons. The number of H-pyrrole nitrogens is 1. The Kier molecular flexibility index (Phi) is 5.40. The zero-order valence-corrected chi connectivity index (χ0v) is 17.6. The Morgan fingerprint density at radius 3 is 2.71 bits per heavy atom. The minimum Gasteiger partial charge on any atom is -0.378 e. The zero-order valence-electron chi connectivity index (χ0n) is 17.6. The van der Waals surface area contributed by atoms with Gasteiger partial charge in [-0.05, 0) is 56.4 Å². The Labute approximate surface area is 178 Å². The van der Waals surface area contributed by atoms with E-state index in [-0.39, 0.29) is 30.8 Å². The van der Waals surface area contributed by atoms with Crippen LogP contribution in [0.4, 0.5) is 13.2 Å². The summed E-state index contributed by atoms with van der Waals surface area (Å²) in [5, 5.41) is 8.85. The van der Waals surface area contributed by atoms with Crippen molar-refractivity contribution in [3.05, 3.63) is 24.3 Å². The van der Waals surface area contributed by atoms with Gasteiger partial charge in [0.1, 0.15) is 5.82 Å². The highest BCUT2D eigenvalue weighted by molar-refractivity contribution is 5.74. The molecule has 0 amide bonds. The fourth-order valence-corrected chi connectivity index (χ4v) is 5.54. The molecule has 0 aromatic carbocycles. The van der Waals surface area contributed by atoms with Crippen LogP contribution in [0, 0.1) is 17.8 Å². The Bertz CT molecular complexity index is 1040. The van der Waals surface area contributed by atoms with E-state index in [1.807, 2.05) is 12.3 Å². The second-order valence-corrected chi connectivity index (χ2v) is 9.18. The van der Waals surface area contributed by atoms with Gasteiger partial charge in [0.2, 0.25) is 0 Å². The van der Waals surface area contributed by atoms with E-state index in [4.69, 9.17) is 4.74 Å². The van der Waals surface area contributed by atoms with Gasteiger partial charge in [-0.15, -0.1) is 10.2 Å². The van der Waals surface area contributed by atoms with Gasteiger partial charge in [0, 0.05) is 18.7 Å². The van der Waals surface area contributed by atoms with E-state index in [1.165, 1.54) is 0 Å². The summed E-state index contributed by atoms with van der Waals surface area (Å²) in [6, 6.07) is 1.99. The van der Waals surface area contributed by atoms with Crippen molar-refractivity contribution in [1.82, 2.24) is 24.6 Å². The van der Waals surface area contributed by atoms with Gasteiger partial charge in [-0.25, -0.2) is 4.98 Å². The number of rotatable bonds is 5. The first-order chi connectivity index (χ1) is 14.9. The largest absolute Gasteiger partial charge is 0.391 e. The monoisotopic (exact) mass is 435 g/mol. The van der Waals surface area contributed by atoms with Crippen LogP contribution in [0.1, 0.15) is 63.6 Å². The molecule has 2 saturated carbocycles. The summed E-state index contributed by atoms with van der Waals surface area (Å²) in [5.41, 5.74) is 2.52. The average Bonchev–Trinajstić information content (AvgIpc) is 3.48. The van der Waals surface area contributed by atoms with Crippen LogP contribution in [-0.4, -0.2) is 43.5 Å². The number of ether oxygens (including phenoxy) is 1. The standard InChI is InChI=1S/C22H28F3N5O/c1-2-14-9-16(31-12-13-3-5-15(6-4-13)22(23,24)25)10-17(14)21-29-28-19-11-27-20-18(30(19)21)7-8-26-20/h7-8,11,13-17,26H,2-6,9-10,12H2,1H3/t13?,14-,15?,16-,17+/m1/s1. The summed E-state index contributed by atoms with van der Waals surface area (Å²) >= 11 is 0. The quantitative estimate of drug-likeness (QED) is 0.593. The number of nitrogens with zero attached hydrogens (tertiary/aromatic N) is 4. The zero-order chi connectivity index (χ0) is 21.6. The minimum atomic E-state index is -4.06. The average molecular weight is 435 g/mol. The third-order valence-electron chi connectivity index (χ3n) is 7.35. The van der Waals surface area contributed by atoms with Crippen LogP contribution in [0.2, 0.25) is 0 Å². The highest BCUT2D eigenvalue weighted by atomic mass is 19.4. The van der Waals surface area contributed by atoms with Gasteiger partial charge in [0.25, 0.3) is 0 Å². The molecule has 2 aliphatic rings. The van der Waals surface area contributed by atoms with Crippen LogP contribution in [0.15, 0.2) is 18.5 Å². The van der Waals surface area contributed by atoms with Crippen molar-refractivity contribution in [1.29, 1.82) is 0 Å². The Balaban J connectivity index is 1.26. The number of hydrogen-bond acceptors (Lipinski definition) is 4. The van der Waals surface area contributed by atoms with Gasteiger partial charge in [-0.3, -0.25) is 4.40 Å². The molecule has 0 bridgehead atoms. The van der Waals surface area contributed by atoms with Gasteiger partial charge < -0.3 is 9.72 Å². The molecule has 0 aliphatic heterocycles. The van der Waals surface area contributed by atoms with Crippen molar-refractivity contribution in [2.45, 2.75) is 70.1 Å². The van der Waals surface area contributed by atoms with Crippen LogP contribution in [0.3, 0.4) is 0 Å². The molecule has 3 atom stereocenters. The van der Waals surface area contributed by atoms with E-state index < -0.39 is 12.1 Å². The topological polar surface area (TPSA) is 68.1 Å². The molecule has 2 fully saturated rings. The molecule has 1 N–H and O–H groups in total. The number of aromatic amines is 1. The second kappa shape index (κ2) is 8.07. The maximum absolute atomic E-state index is 12.9. The maximum Gasteiger partial charge on any atom is 0.391 e. The fourth-order valence-electron chi connectivity index (χ4n) is 5.54. The summed E-state index contributed by atoms with van der Waals surface area (Å²) in [5.74, 6) is 0.736. The lowest BCUT2D eigenvalue weighted by atomic mass is 9.82. The number of fused-ring (bicyclic) bond motifs is 3.